The third kappa shape index (κ3) is 7.14. The Morgan fingerprint density at radius 1 is 1.11 bits per heavy atom. The number of hydrogen-bond donors (Lipinski definition) is 2. The van der Waals surface area contributed by atoms with Crippen LogP contribution in [0.2, 0.25) is 0 Å². The van der Waals surface area contributed by atoms with Gasteiger partial charge in [-0.15, -0.1) is 0 Å². The molecule has 1 amide bonds. The molecule has 206 valence electrons. The minimum Gasteiger partial charge on any atom is -0.466 e. The molecule has 9 nitrogen and oxygen atoms in total. The number of hydrazine groups is 1. The van der Waals surface area contributed by atoms with Gasteiger partial charge in [0, 0.05) is 17.8 Å². The Morgan fingerprint density at radius 2 is 1.79 bits per heavy atom. The van der Waals surface area contributed by atoms with Crippen molar-refractivity contribution in [3.8, 4) is 11.1 Å². The molecule has 0 radical (unpaired) electrons. The molecule has 2 aromatic carbocycles. The monoisotopic (exact) mass is 543 g/mol. The number of allylic oxidation sites excluding steroid dienone is 1. The molecule has 1 aliphatic heterocycles. The van der Waals surface area contributed by atoms with Gasteiger partial charge < -0.3 is 14.9 Å². The van der Waals surface area contributed by atoms with Crippen molar-refractivity contribution in [1.29, 1.82) is 0 Å². The molecule has 2 aromatic rings. The number of nitrogens with one attached hydrogen (secondary N) is 2. The van der Waals surface area contributed by atoms with Crippen LogP contribution in [0.5, 0.6) is 0 Å². The fraction of sp³-hybridized carbons (Fsp3) is 0.429. The van der Waals surface area contributed by atoms with Crippen LogP contribution in [0.25, 0.3) is 11.1 Å². The van der Waals surface area contributed by atoms with E-state index in [1.807, 2.05) is 49.8 Å². The molecule has 10 heteroatoms. The standard InChI is InChI=1S/C28H37N3O6S/c1-6-7-16-31-24(26(20(4)29-31)27(32)36-5)17-21-12-14-22(15-13-21)23-10-8-9-11-25(23)38(34,35)30-28(33)37-18-19(2)3/h8-15,19,24,29H,6-7,16-18H2,1-5H3,(H,30,33). The summed E-state index contributed by atoms with van der Waals surface area (Å²) < 4.78 is 38.0. The second-order valence-corrected chi connectivity index (χ2v) is 11.4. The average molecular weight is 544 g/mol. The van der Waals surface area contributed by atoms with Gasteiger partial charge in [-0.25, -0.2) is 27.7 Å². The molecule has 1 heterocycles. The van der Waals surface area contributed by atoms with E-state index in [2.05, 4.69) is 17.4 Å². The summed E-state index contributed by atoms with van der Waals surface area (Å²) in [6.45, 7) is 8.62. The third-order valence-electron chi connectivity index (χ3n) is 6.22. The molecule has 0 saturated carbocycles. The lowest BCUT2D eigenvalue weighted by atomic mass is 9.96. The average Bonchev–Trinajstić information content (AvgIpc) is 3.20. The Kier molecular flexibility index (Phi) is 9.93. The van der Waals surface area contributed by atoms with Crippen molar-refractivity contribution in [3.63, 3.8) is 0 Å². The van der Waals surface area contributed by atoms with Crippen LogP contribution in [0.1, 0.15) is 46.1 Å². The Balaban J connectivity index is 1.83. The van der Waals surface area contributed by atoms with Crippen LogP contribution in [-0.2, 0) is 30.7 Å². The number of sulfonamides is 1. The maximum absolute atomic E-state index is 13.0. The highest BCUT2D eigenvalue weighted by atomic mass is 32.2. The molecular weight excluding hydrogens is 506 g/mol. The molecule has 0 fully saturated rings. The summed E-state index contributed by atoms with van der Waals surface area (Å²) in [5.41, 5.74) is 6.83. The zero-order valence-electron chi connectivity index (χ0n) is 22.6. The van der Waals surface area contributed by atoms with Crippen molar-refractivity contribution < 1.29 is 27.5 Å². The molecular formula is C28H37N3O6S. The van der Waals surface area contributed by atoms with E-state index in [-0.39, 0.29) is 29.4 Å². The van der Waals surface area contributed by atoms with E-state index in [0.29, 0.717) is 23.1 Å². The van der Waals surface area contributed by atoms with Gasteiger partial charge in [-0.1, -0.05) is 69.7 Å². The first kappa shape index (κ1) is 29.2. The Bertz CT molecular complexity index is 1270. The molecule has 0 aliphatic carbocycles. The normalized spacial score (nSPS) is 15.9. The highest BCUT2D eigenvalue weighted by molar-refractivity contribution is 7.90. The van der Waals surface area contributed by atoms with Gasteiger partial charge in [-0.3, -0.25) is 0 Å². The van der Waals surface area contributed by atoms with Crippen molar-refractivity contribution in [2.75, 3.05) is 20.3 Å². The Labute approximate surface area is 225 Å². The van der Waals surface area contributed by atoms with Crippen molar-refractivity contribution in [2.24, 2.45) is 5.92 Å². The quantitative estimate of drug-likeness (QED) is 0.401. The number of rotatable bonds is 11. The number of carbonyl (C=O) groups is 2. The van der Waals surface area contributed by atoms with Gasteiger partial charge in [-0.2, -0.15) is 0 Å². The summed E-state index contributed by atoms with van der Waals surface area (Å²) in [5, 5.41) is 2.07. The predicted octanol–water partition coefficient (Wildman–Crippen LogP) is 4.40. The van der Waals surface area contributed by atoms with Crippen molar-refractivity contribution in [2.45, 2.75) is 57.9 Å². The number of esters is 1. The van der Waals surface area contributed by atoms with E-state index in [0.717, 1.165) is 30.6 Å². The van der Waals surface area contributed by atoms with Gasteiger partial charge in [-0.05, 0) is 42.9 Å². The molecule has 2 N–H and O–H groups in total. The fourth-order valence-electron chi connectivity index (χ4n) is 4.33. The third-order valence-corrected chi connectivity index (χ3v) is 7.59. The molecule has 1 unspecified atom stereocenters. The smallest absolute Gasteiger partial charge is 0.421 e. The molecule has 0 bridgehead atoms. The van der Waals surface area contributed by atoms with E-state index in [1.165, 1.54) is 13.2 Å². The number of carbonyl (C=O) groups excluding carboxylic acids is 2. The van der Waals surface area contributed by atoms with Crippen molar-refractivity contribution >= 4 is 22.1 Å². The van der Waals surface area contributed by atoms with Crippen LogP contribution in [0.3, 0.4) is 0 Å². The van der Waals surface area contributed by atoms with E-state index < -0.39 is 16.1 Å². The predicted molar refractivity (Wildman–Crippen MR) is 145 cm³/mol. The second kappa shape index (κ2) is 12.9. The summed E-state index contributed by atoms with van der Waals surface area (Å²) in [4.78, 5) is 24.5. The number of benzene rings is 2. The SMILES string of the molecule is CCCCN1NC(C)=C(C(=O)OC)C1Cc1ccc(-c2ccccc2S(=O)(=O)NC(=O)OCC(C)C)cc1. The largest absolute Gasteiger partial charge is 0.466 e. The number of nitrogens with zero attached hydrogens (tertiary/aromatic N) is 1. The highest BCUT2D eigenvalue weighted by Gasteiger charge is 2.35. The second-order valence-electron chi connectivity index (χ2n) is 9.70. The van der Waals surface area contributed by atoms with E-state index in [4.69, 9.17) is 9.47 Å². The van der Waals surface area contributed by atoms with Crippen LogP contribution in [-0.4, -0.2) is 51.8 Å². The number of methoxy groups -OCH3 is 1. The van der Waals surface area contributed by atoms with Gasteiger partial charge >= 0.3 is 12.1 Å². The highest BCUT2D eigenvalue weighted by Crippen LogP contribution is 2.30. The van der Waals surface area contributed by atoms with E-state index in [9.17, 15) is 18.0 Å². The first-order valence-corrected chi connectivity index (χ1v) is 14.3. The van der Waals surface area contributed by atoms with Crippen LogP contribution in [0, 0.1) is 5.92 Å². The zero-order valence-corrected chi connectivity index (χ0v) is 23.4. The Hall–Kier alpha value is -3.37. The van der Waals surface area contributed by atoms with Crippen LogP contribution >= 0.6 is 0 Å². The summed E-state index contributed by atoms with van der Waals surface area (Å²) >= 11 is 0. The van der Waals surface area contributed by atoms with Gasteiger partial charge in [0.15, 0.2) is 0 Å². The van der Waals surface area contributed by atoms with Crippen LogP contribution in [0.15, 0.2) is 64.7 Å². The number of ether oxygens (including phenoxy) is 2. The topological polar surface area (TPSA) is 114 Å². The summed E-state index contributed by atoms with van der Waals surface area (Å²) in [6.07, 6.45) is 1.57. The van der Waals surface area contributed by atoms with E-state index in [1.54, 1.807) is 18.2 Å². The Morgan fingerprint density at radius 3 is 2.42 bits per heavy atom. The lowest BCUT2D eigenvalue weighted by Crippen LogP contribution is -2.42. The number of hydrogen-bond acceptors (Lipinski definition) is 8. The summed E-state index contributed by atoms with van der Waals surface area (Å²) in [5.74, 6) is -0.273. The molecule has 38 heavy (non-hydrogen) atoms. The van der Waals surface area contributed by atoms with E-state index >= 15 is 0 Å². The van der Waals surface area contributed by atoms with Crippen LogP contribution in [0.4, 0.5) is 4.79 Å². The minimum absolute atomic E-state index is 0.0217. The first-order valence-electron chi connectivity index (χ1n) is 12.8. The molecule has 0 aromatic heterocycles. The van der Waals surface area contributed by atoms with Gasteiger partial charge in [0.1, 0.15) is 0 Å². The summed E-state index contributed by atoms with van der Waals surface area (Å²) in [7, 11) is -2.77. The zero-order chi connectivity index (χ0) is 27.9. The fourth-order valence-corrected chi connectivity index (χ4v) is 5.45. The van der Waals surface area contributed by atoms with Crippen molar-refractivity contribution in [3.05, 3.63) is 65.4 Å². The molecule has 0 saturated heterocycles. The molecule has 1 atom stereocenters. The van der Waals surface area contributed by atoms with Crippen molar-refractivity contribution in [1.82, 2.24) is 15.2 Å². The van der Waals surface area contributed by atoms with Gasteiger partial charge in [0.05, 0.1) is 30.2 Å². The number of unbranched alkanes of at least 4 members (excludes halogenated alkanes) is 1. The lowest BCUT2D eigenvalue weighted by molar-refractivity contribution is -0.136. The maximum atomic E-state index is 13.0. The summed E-state index contributed by atoms with van der Waals surface area (Å²) in [6, 6.07) is 13.8. The van der Waals surface area contributed by atoms with Crippen LogP contribution < -0.4 is 10.1 Å². The maximum Gasteiger partial charge on any atom is 0.421 e. The number of amides is 1. The molecule has 1 aliphatic rings. The molecule has 3 rings (SSSR count). The molecule has 0 spiro atoms. The van der Waals surface area contributed by atoms with Gasteiger partial charge in [0.25, 0.3) is 10.0 Å². The van der Waals surface area contributed by atoms with Gasteiger partial charge in [0.2, 0.25) is 0 Å². The first-order chi connectivity index (χ1) is 18.1. The minimum atomic E-state index is -4.15. The lowest BCUT2D eigenvalue weighted by Gasteiger charge is -2.26.